The minimum Gasteiger partial charge on any atom is -0.493 e. The van der Waals surface area contributed by atoms with Gasteiger partial charge in [0.15, 0.2) is 0 Å². The van der Waals surface area contributed by atoms with Crippen molar-refractivity contribution < 1.29 is 17.0 Å². The maximum Gasteiger partial charge on any atom is 0.302 e. The van der Waals surface area contributed by atoms with E-state index in [2.05, 4.69) is 0 Å². The maximum absolute atomic E-state index is 12.4. The van der Waals surface area contributed by atoms with Gasteiger partial charge in [-0.3, -0.25) is 0 Å². The molecule has 1 aromatic carbocycles. The van der Waals surface area contributed by atoms with Gasteiger partial charge in [0.1, 0.15) is 5.75 Å². The molecule has 0 saturated heterocycles. The highest BCUT2D eigenvalue weighted by atomic mass is 32.3. The van der Waals surface area contributed by atoms with E-state index < -0.39 is 16.0 Å². The van der Waals surface area contributed by atoms with Gasteiger partial charge in [-0.1, -0.05) is 18.2 Å². The highest BCUT2D eigenvalue weighted by Gasteiger charge is 2.17. The molecule has 1 aromatic rings. The molecule has 0 amide bonds. The van der Waals surface area contributed by atoms with Crippen LogP contribution in [-0.2, 0) is 23.1 Å². The predicted octanol–water partition coefficient (Wildman–Crippen LogP) is 1.46. The van der Waals surface area contributed by atoms with E-state index >= 15 is 0 Å². The first-order valence-corrected chi connectivity index (χ1v) is 6.27. The second kappa shape index (κ2) is 3.81. The molecule has 15 heavy (non-hydrogen) atoms. The quantitative estimate of drug-likeness (QED) is 0.738. The second-order valence-corrected chi connectivity index (χ2v) is 4.98. The van der Waals surface area contributed by atoms with Gasteiger partial charge in [-0.05, 0) is 17.5 Å². The van der Waals surface area contributed by atoms with Gasteiger partial charge in [-0.25, -0.2) is 0 Å². The Kier molecular flexibility index (Phi) is 2.65. The number of rotatable bonds is 3. The number of halogens is 1. The predicted molar refractivity (Wildman–Crippen MR) is 54.2 cm³/mol. The van der Waals surface area contributed by atoms with Crippen LogP contribution in [0.15, 0.2) is 18.2 Å². The molecule has 0 spiro atoms. The number of hydrogen-bond acceptors (Lipinski definition) is 3. The highest BCUT2D eigenvalue weighted by Crippen LogP contribution is 2.29. The lowest BCUT2D eigenvalue weighted by Gasteiger charge is -2.05. The van der Waals surface area contributed by atoms with Gasteiger partial charge in [-0.2, -0.15) is 8.42 Å². The third-order valence-corrected chi connectivity index (χ3v) is 3.10. The summed E-state index contributed by atoms with van der Waals surface area (Å²) < 4.78 is 38.5. The summed E-state index contributed by atoms with van der Waals surface area (Å²) in [6.45, 7) is 0.620. The summed E-state index contributed by atoms with van der Waals surface area (Å²) in [4.78, 5) is 0. The van der Waals surface area contributed by atoms with Crippen LogP contribution < -0.4 is 4.74 Å². The number of aryl methyl sites for hydroxylation is 1. The van der Waals surface area contributed by atoms with Crippen molar-refractivity contribution in [2.24, 2.45) is 0 Å². The zero-order chi connectivity index (χ0) is 10.9. The highest BCUT2D eigenvalue weighted by molar-refractivity contribution is 7.86. The van der Waals surface area contributed by atoms with Crippen LogP contribution in [0.3, 0.4) is 0 Å². The standard InChI is InChI=1S/C10H11FO3S/c11-15(12,13)7-5-9-3-1-2-8-4-6-14-10(8)9/h1-3H,4-7H2. The molecule has 0 atom stereocenters. The van der Waals surface area contributed by atoms with Crippen LogP contribution in [0, 0.1) is 0 Å². The fourth-order valence-electron chi connectivity index (χ4n) is 1.71. The summed E-state index contributed by atoms with van der Waals surface area (Å²) in [7, 11) is -4.40. The van der Waals surface area contributed by atoms with Crippen molar-refractivity contribution in [3.05, 3.63) is 29.3 Å². The number of hydrogen-bond donors (Lipinski definition) is 0. The molecule has 0 saturated carbocycles. The molecule has 1 aliphatic heterocycles. The van der Waals surface area contributed by atoms with Crippen molar-refractivity contribution in [2.75, 3.05) is 12.4 Å². The van der Waals surface area contributed by atoms with Gasteiger partial charge in [0.25, 0.3) is 0 Å². The molecule has 82 valence electrons. The van der Waals surface area contributed by atoms with Crippen LogP contribution in [0.2, 0.25) is 0 Å². The van der Waals surface area contributed by atoms with E-state index in [0.29, 0.717) is 6.61 Å². The molecule has 0 radical (unpaired) electrons. The lowest BCUT2D eigenvalue weighted by atomic mass is 10.1. The van der Waals surface area contributed by atoms with Crippen molar-refractivity contribution >= 4 is 10.2 Å². The molecule has 0 fully saturated rings. The second-order valence-electron chi connectivity index (χ2n) is 3.50. The zero-order valence-electron chi connectivity index (χ0n) is 8.07. The molecular weight excluding hydrogens is 219 g/mol. The van der Waals surface area contributed by atoms with Crippen LogP contribution in [0.5, 0.6) is 5.75 Å². The molecule has 2 rings (SSSR count). The Morgan fingerprint density at radius 1 is 1.40 bits per heavy atom. The van der Waals surface area contributed by atoms with Gasteiger partial charge in [0, 0.05) is 6.42 Å². The first-order chi connectivity index (χ1) is 7.06. The van der Waals surface area contributed by atoms with E-state index in [1.54, 1.807) is 6.07 Å². The van der Waals surface area contributed by atoms with E-state index in [0.717, 1.165) is 23.3 Å². The minimum atomic E-state index is -4.40. The van der Waals surface area contributed by atoms with Crippen LogP contribution >= 0.6 is 0 Å². The lowest BCUT2D eigenvalue weighted by Crippen LogP contribution is -2.03. The topological polar surface area (TPSA) is 43.4 Å². The molecular formula is C10H11FO3S. The fraction of sp³-hybridized carbons (Fsp3) is 0.400. The van der Waals surface area contributed by atoms with Crippen LogP contribution in [0.4, 0.5) is 3.89 Å². The molecule has 0 unspecified atom stereocenters. The minimum absolute atomic E-state index is 0.169. The summed E-state index contributed by atoms with van der Waals surface area (Å²) >= 11 is 0. The zero-order valence-corrected chi connectivity index (χ0v) is 8.89. The van der Waals surface area contributed by atoms with Crippen molar-refractivity contribution in [3.63, 3.8) is 0 Å². The average molecular weight is 230 g/mol. The van der Waals surface area contributed by atoms with E-state index in [4.69, 9.17) is 4.74 Å². The van der Waals surface area contributed by atoms with Crippen LogP contribution in [-0.4, -0.2) is 20.8 Å². The number of fused-ring (bicyclic) bond motifs is 1. The Morgan fingerprint density at radius 2 is 2.20 bits per heavy atom. The summed E-state index contributed by atoms with van der Waals surface area (Å²) in [6, 6.07) is 5.55. The normalized spacial score (nSPS) is 14.7. The van der Waals surface area contributed by atoms with Crippen molar-refractivity contribution in [3.8, 4) is 5.75 Å². The van der Waals surface area contributed by atoms with E-state index in [1.807, 2.05) is 12.1 Å². The number of ether oxygens (including phenoxy) is 1. The van der Waals surface area contributed by atoms with Gasteiger partial charge in [0.05, 0.1) is 12.4 Å². The Labute approximate surface area is 88.1 Å². The van der Waals surface area contributed by atoms with Crippen LogP contribution in [0.25, 0.3) is 0 Å². The van der Waals surface area contributed by atoms with Crippen LogP contribution in [0.1, 0.15) is 11.1 Å². The van der Waals surface area contributed by atoms with Crippen molar-refractivity contribution in [2.45, 2.75) is 12.8 Å². The third-order valence-electron chi connectivity index (χ3n) is 2.41. The summed E-state index contributed by atoms with van der Waals surface area (Å²) in [5, 5.41) is 0. The molecule has 0 N–H and O–H groups in total. The Balaban J connectivity index is 2.19. The van der Waals surface area contributed by atoms with Crippen molar-refractivity contribution in [1.82, 2.24) is 0 Å². The van der Waals surface area contributed by atoms with E-state index in [9.17, 15) is 12.3 Å². The smallest absolute Gasteiger partial charge is 0.302 e. The van der Waals surface area contributed by atoms with Crippen molar-refractivity contribution in [1.29, 1.82) is 0 Å². The molecule has 1 heterocycles. The van der Waals surface area contributed by atoms with E-state index in [1.165, 1.54) is 0 Å². The maximum atomic E-state index is 12.4. The SMILES string of the molecule is O=S(=O)(F)CCc1cccc2c1OCC2. The molecule has 0 bridgehead atoms. The third kappa shape index (κ3) is 2.47. The molecule has 5 heteroatoms. The van der Waals surface area contributed by atoms with Gasteiger partial charge >= 0.3 is 10.2 Å². The Morgan fingerprint density at radius 3 is 2.93 bits per heavy atom. The monoisotopic (exact) mass is 230 g/mol. The van der Waals surface area contributed by atoms with Gasteiger partial charge in [-0.15, -0.1) is 3.89 Å². The van der Waals surface area contributed by atoms with E-state index in [-0.39, 0.29) is 6.42 Å². The van der Waals surface area contributed by atoms with Gasteiger partial charge in [0.2, 0.25) is 0 Å². The molecule has 3 nitrogen and oxygen atoms in total. The average Bonchev–Trinajstić information content (AvgIpc) is 2.61. The van der Waals surface area contributed by atoms with Gasteiger partial charge < -0.3 is 4.74 Å². The summed E-state index contributed by atoms with van der Waals surface area (Å²) in [6.07, 6.45) is 1.01. The lowest BCUT2D eigenvalue weighted by molar-refractivity contribution is 0.353. The summed E-state index contributed by atoms with van der Waals surface area (Å²) in [5.74, 6) is 0.258. The largest absolute Gasteiger partial charge is 0.493 e. The Bertz CT molecular complexity index is 468. The first-order valence-electron chi connectivity index (χ1n) is 4.72. The number of benzene rings is 1. The molecule has 1 aliphatic rings. The summed E-state index contributed by atoms with van der Waals surface area (Å²) in [5.41, 5.74) is 1.84. The first kappa shape index (κ1) is 10.4. The number of para-hydroxylation sites is 1. The Hall–Kier alpha value is -1.10. The fourth-order valence-corrected chi connectivity index (χ4v) is 2.18. The molecule has 0 aromatic heterocycles. The molecule has 0 aliphatic carbocycles.